The highest BCUT2D eigenvalue weighted by Gasteiger charge is 2.56. The van der Waals surface area contributed by atoms with Crippen molar-refractivity contribution in [3.05, 3.63) is 52.5 Å². The minimum absolute atomic E-state index is 0.149. The molecule has 1 aliphatic carbocycles. The second-order valence-electron chi connectivity index (χ2n) is 7.26. The number of carboxylic acids is 1. The topological polar surface area (TPSA) is 74.7 Å². The fourth-order valence-electron chi connectivity index (χ4n) is 4.24. The number of hydrogen-bond acceptors (Lipinski definition) is 3. The number of benzene rings is 1. The summed E-state index contributed by atoms with van der Waals surface area (Å²) in [5, 5.41) is 9.30. The van der Waals surface area contributed by atoms with Gasteiger partial charge in [-0.2, -0.15) is 0 Å². The van der Waals surface area contributed by atoms with Gasteiger partial charge in [-0.25, -0.2) is 13.2 Å². The zero-order valence-corrected chi connectivity index (χ0v) is 14.4. The number of allylic oxidation sites excluding steroid dienone is 3. The van der Waals surface area contributed by atoms with Crippen LogP contribution in [0.2, 0.25) is 0 Å². The van der Waals surface area contributed by atoms with E-state index in [2.05, 4.69) is 0 Å². The molecule has 1 saturated heterocycles. The van der Waals surface area contributed by atoms with E-state index < -0.39 is 27.3 Å². The van der Waals surface area contributed by atoms with E-state index in [1.807, 2.05) is 38.1 Å². The van der Waals surface area contributed by atoms with Gasteiger partial charge >= 0.3 is 5.97 Å². The van der Waals surface area contributed by atoms with Crippen molar-refractivity contribution in [3.8, 4) is 0 Å². The largest absolute Gasteiger partial charge is 0.478 e. The third-order valence-electron chi connectivity index (χ3n) is 5.61. The van der Waals surface area contributed by atoms with Crippen LogP contribution in [0.15, 0.2) is 46.9 Å². The van der Waals surface area contributed by atoms with Crippen molar-refractivity contribution >= 4 is 21.7 Å². The fourth-order valence-corrected chi connectivity index (χ4v) is 6.57. The van der Waals surface area contributed by atoms with Gasteiger partial charge in [0.1, 0.15) is 0 Å². The predicted octanol–water partition coefficient (Wildman–Crippen LogP) is 2.70. The Morgan fingerprint density at radius 1 is 1.29 bits per heavy atom. The summed E-state index contributed by atoms with van der Waals surface area (Å²) in [6.07, 6.45) is 4.04. The molecule has 0 saturated carbocycles. The number of anilines is 1. The van der Waals surface area contributed by atoms with Crippen LogP contribution < -0.4 is 4.31 Å². The molecular formula is C18H19NO4S. The third-order valence-corrected chi connectivity index (χ3v) is 7.60. The van der Waals surface area contributed by atoms with Crippen molar-refractivity contribution in [1.29, 1.82) is 0 Å². The van der Waals surface area contributed by atoms with Crippen molar-refractivity contribution < 1.29 is 18.3 Å². The van der Waals surface area contributed by atoms with Crippen LogP contribution in [0, 0.1) is 11.3 Å². The van der Waals surface area contributed by atoms with Gasteiger partial charge in [0, 0.05) is 11.5 Å². The van der Waals surface area contributed by atoms with Crippen LogP contribution >= 0.6 is 0 Å². The fraction of sp³-hybridized carbons (Fsp3) is 0.389. The van der Waals surface area contributed by atoms with Crippen LogP contribution in [0.5, 0.6) is 0 Å². The maximum atomic E-state index is 13.2. The monoisotopic (exact) mass is 345 g/mol. The molecule has 0 aromatic heterocycles. The maximum absolute atomic E-state index is 13.2. The summed E-state index contributed by atoms with van der Waals surface area (Å²) < 4.78 is 28.0. The van der Waals surface area contributed by atoms with Crippen molar-refractivity contribution in [2.45, 2.75) is 32.7 Å². The Balaban J connectivity index is 1.91. The zero-order chi connectivity index (χ0) is 17.3. The number of carboxylic acid groups (broad SMARTS) is 1. The molecule has 0 amide bonds. The molecule has 6 heteroatoms. The smallest absolute Gasteiger partial charge is 0.331 e. The number of rotatable bonds is 1. The lowest BCUT2D eigenvalue weighted by Crippen LogP contribution is -2.56. The van der Waals surface area contributed by atoms with Gasteiger partial charge < -0.3 is 5.11 Å². The highest BCUT2D eigenvalue weighted by molar-refractivity contribution is 7.96. The zero-order valence-electron chi connectivity index (χ0n) is 13.6. The summed E-state index contributed by atoms with van der Waals surface area (Å²) in [5.41, 5.74) is 1.66. The first-order chi connectivity index (χ1) is 11.2. The predicted molar refractivity (Wildman–Crippen MR) is 91.0 cm³/mol. The highest BCUT2D eigenvalue weighted by Crippen LogP contribution is 2.54. The van der Waals surface area contributed by atoms with Crippen LogP contribution in [0.25, 0.3) is 0 Å². The molecule has 24 heavy (non-hydrogen) atoms. The van der Waals surface area contributed by atoms with Crippen LogP contribution in [0.3, 0.4) is 0 Å². The summed E-state index contributed by atoms with van der Waals surface area (Å²) in [6, 6.07) is 7.40. The SMILES string of the molecule is CC1(C)C2C=C(C(=O)O)CC=C2S(=O)(=O)N2c3ccccc3CC21. The summed E-state index contributed by atoms with van der Waals surface area (Å²) in [4.78, 5) is 11.7. The van der Waals surface area contributed by atoms with Gasteiger partial charge in [0.25, 0.3) is 10.0 Å². The van der Waals surface area contributed by atoms with Crippen molar-refractivity contribution in [1.82, 2.24) is 0 Å². The van der Waals surface area contributed by atoms with Gasteiger partial charge in [0.2, 0.25) is 0 Å². The van der Waals surface area contributed by atoms with E-state index in [1.165, 1.54) is 0 Å². The second kappa shape index (κ2) is 4.72. The van der Waals surface area contributed by atoms with Gasteiger partial charge in [-0.15, -0.1) is 0 Å². The second-order valence-corrected chi connectivity index (χ2v) is 9.07. The molecule has 1 fully saturated rings. The molecule has 1 N–H and O–H groups in total. The lowest BCUT2D eigenvalue weighted by atomic mass is 9.69. The molecule has 0 radical (unpaired) electrons. The Morgan fingerprint density at radius 3 is 2.71 bits per heavy atom. The van der Waals surface area contributed by atoms with E-state index in [9.17, 15) is 18.3 Å². The molecule has 1 aromatic rings. The number of para-hydroxylation sites is 1. The molecule has 4 rings (SSSR count). The van der Waals surface area contributed by atoms with E-state index in [0.717, 1.165) is 11.3 Å². The molecule has 2 unspecified atom stereocenters. The number of nitrogens with zero attached hydrogens (tertiary/aromatic N) is 1. The quantitative estimate of drug-likeness (QED) is 0.849. The Bertz CT molecular complexity index is 911. The lowest BCUT2D eigenvalue weighted by Gasteiger charge is -2.49. The van der Waals surface area contributed by atoms with Gasteiger partial charge in [-0.1, -0.05) is 44.2 Å². The minimum Gasteiger partial charge on any atom is -0.478 e. The molecule has 2 heterocycles. The lowest BCUT2D eigenvalue weighted by molar-refractivity contribution is -0.132. The Kier molecular flexibility index (Phi) is 3.04. The molecule has 5 nitrogen and oxygen atoms in total. The van der Waals surface area contributed by atoms with E-state index in [1.54, 1.807) is 16.5 Å². The van der Waals surface area contributed by atoms with E-state index >= 15 is 0 Å². The molecule has 0 spiro atoms. The van der Waals surface area contributed by atoms with Gasteiger partial charge in [0.15, 0.2) is 0 Å². The standard InChI is InChI=1S/C18H19NO4S/c1-18(2)13-9-12(17(20)21)7-8-15(13)24(22,23)19-14-6-4-3-5-11(14)10-16(18)19/h3-6,8-9,13,16H,7,10H2,1-2H3,(H,20,21). The number of hydrogen-bond donors (Lipinski definition) is 1. The van der Waals surface area contributed by atoms with Crippen LogP contribution in [0.4, 0.5) is 5.69 Å². The highest BCUT2D eigenvalue weighted by atomic mass is 32.2. The molecule has 2 atom stereocenters. The Hall–Kier alpha value is -2.08. The average Bonchev–Trinajstić information content (AvgIpc) is 2.94. The summed E-state index contributed by atoms with van der Waals surface area (Å²) in [5.74, 6) is -1.38. The number of carbonyl (C=O) groups is 1. The van der Waals surface area contributed by atoms with Crippen LogP contribution in [-0.4, -0.2) is 25.5 Å². The normalized spacial score (nSPS) is 29.0. The summed E-state index contributed by atoms with van der Waals surface area (Å²) in [6.45, 7) is 4.07. The summed E-state index contributed by atoms with van der Waals surface area (Å²) in [7, 11) is -3.64. The van der Waals surface area contributed by atoms with Gasteiger partial charge in [-0.3, -0.25) is 4.31 Å². The Morgan fingerprint density at radius 2 is 2.00 bits per heavy atom. The molecule has 1 aromatic carbocycles. The third kappa shape index (κ3) is 1.86. The molecule has 126 valence electrons. The van der Waals surface area contributed by atoms with Crippen LogP contribution in [-0.2, 0) is 21.2 Å². The van der Waals surface area contributed by atoms with Gasteiger partial charge in [-0.05, 0) is 29.9 Å². The van der Waals surface area contributed by atoms with Crippen molar-refractivity contribution in [2.75, 3.05) is 4.31 Å². The first-order valence-corrected chi connectivity index (χ1v) is 9.45. The first-order valence-electron chi connectivity index (χ1n) is 8.01. The summed E-state index contributed by atoms with van der Waals surface area (Å²) >= 11 is 0. The molecule has 0 bridgehead atoms. The van der Waals surface area contributed by atoms with E-state index in [0.29, 0.717) is 11.3 Å². The molecule has 2 aliphatic heterocycles. The average molecular weight is 345 g/mol. The number of sulfonamides is 1. The maximum Gasteiger partial charge on any atom is 0.331 e. The molecular weight excluding hydrogens is 326 g/mol. The van der Waals surface area contributed by atoms with Gasteiger partial charge in [0.05, 0.1) is 16.6 Å². The Labute approximate surface area is 141 Å². The number of fused-ring (bicyclic) bond motifs is 4. The van der Waals surface area contributed by atoms with Crippen molar-refractivity contribution in [3.63, 3.8) is 0 Å². The van der Waals surface area contributed by atoms with E-state index in [-0.39, 0.29) is 18.0 Å². The molecule has 3 aliphatic rings. The minimum atomic E-state index is -3.64. The van der Waals surface area contributed by atoms with Crippen molar-refractivity contribution in [2.24, 2.45) is 11.3 Å². The first kappa shape index (κ1) is 15.4. The number of aliphatic carboxylic acids is 1. The van der Waals surface area contributed by atoms with E-state index in [4.69, 9.17) is 0 Å². The van der Waals surface area contributed by atoms with Crippen LogP contribution in [0.1, 0.15) is 25.8 Å².